The molecule has 1 aliphatic rings. The lowest BCUT2D eigenvalue weighted by Gasteiger charge is -2.32. The van der Waals surface area contributed by atoms with Crippen molar-refractivity contribution in [1.82, 2.24) is 14.7 Å². The van der Waals surface area contributed by atoms with Crippen LogP contribution in [0.2, 0.25) is 0 Å². The third-order valence-corrected chi connectivity index (χ3v) is 3.60. The van der Waals surface area contributed by atoms with Gasteiger partial charge in [0.15, 0.2) is 0 Å². The molecule has 2 heterocycles. The molecule has 0 amide bonds. The maximum atomic E-state index is 5.85. The Morgan fingerprint density at radius 3 is 2.86 bits per heavy atom. The van der Waals surface area contributed by atoms with Crippen LogP contribution in [0.25, 0.3) is 0 Å². The summed E-state index contributed by atoms with van der Waals surface area (Å²) in [5.74, 6) is 0. The summed E-state index contributed by atoms with van der Waals surface area (Å²) < 4.78 is 7.66. The highest BCUT2D eigenvalue weighted by atomic mass is 35.5. The Balaban J connectivity index is 0.00000121. The monoisotopic (exact) mass is 344 g/mol. The Hall–Kier alpha value is -1.27. The van der Waals surface area contributed by atoms with Crippen molar-refractivity contribution in [2.24, 2.45) is 7.05 Å². The molecule has 0 spiro atoms. The molecule has 0 bridgehead atoms. The van der Waals surface area contributed by atoms with E-state index in [9.17, 15) is 0 Å². The molecule has 1 aromatic carbocycles. The van der Waals surface area contributed by atoms with E-state index in [0.717, 1.165) is 37.5 Å². The molecule has 122 valence electrons. The summed E-state index contributed by atoms with van der Waals surface area (Å²) in [6.45, 7) is 3.50. The molecule has 2 aromatic rings. The molecule has 1 aromatic heterocycles. The normalized spacial score (nSPS) is 18.3. The highest BCUT2D eigenvalue weighted by molar-refractivity contribution is 5.85. The van der Waals surface area contributed by atoms with Gasteiger partial charge in [0.1, 0.15) is 0 Å². The summed E-state index contributed by atoms with van der Waals surface area (Å²) in [6, 6.07) is 8.07. The van der Waals surface area contributed by atoms with Gasteiger partial charge >= 0.3 is 0 Å². The van der Waals surface area contributed by atoms with E-state index in [0.29, 0.717) is 0 Å². The highest BCUT2D eigenvalue weighted by Crippen LogP contribution is 2.23. The third kappa shape index (κ3) is 4.61. The Morgan fingerprint density at radius 1 is 1.36 bits per heavy atom. The first-order valence-electron chi connectivity index (χ1n) is 6.87. The number of morpholine rings is 1. The number of halogens is 2. The van der Waals surface area contributed by atoms with Gasteiger partial charge in [0.05, 0.1) is 18.9 Å². The lowest BCUT2D eigenvalue weighted by Crippen LogP contribution is -2.37. The van der Waals surface area contributed by atoms with Crippen molar-refractivity contribution in [3.05, 3.63) is 47.8 Å². The maximum absolute atomic E-state index is 5.85. The summed E-state index contributed by atoms with van der Waals surface area (Å²) in [6.07, 6.45) is 4.02. The van der Waals surface area contributed by atoms with E-state index < -0.39 is 0 Å². The topological polar surface area (TPSA) is 56.3 Å². The van der Waals surface area contributed by atoms with Gasteiger partial charge in [-0.25, -0.2) is 0 Å². The average molecular weight is 345 g/mol. The number of hydrogen-bond acceptors (Lipinski definition) is 4. The minimum Gasteiger partial charge on any atom is -0.399 e. The summed E-state index contributed by atoms with van der Waals surface area (Å²) in [5, 5.41) is 4.21. The summed E-state index contributed by atoms with van der Waals surface area (Å²) in [4.78, 5) is 2.40. The van der Waals surface area contributed by atoms with Crippen LogP contribution in [0.3, 0.4) is 0 Å². The maximum Gasteiger partial charge on any atom is 0.0982 e. The van der Waals surface area contributed by atoms with E-state index in [1.165, 1.54) is 5.56 Å². The second-order valence-electron chi connectivity index (χ2n) is 5.29. The predicted octanol–water partition coefficient (Wildman–Crippen LogP) is 2.42. The number of hydrogen-bond donors (Lipinski definition) is 1. The van der Waals surface area contributed by atoms with Crippen molar-refractivity contribution in [3.8, 4) is 0 Å². The van der Waals surface area contributed by atoms with Crippen molar-refractivity contribution < 1.29 is 4.74 Å². The molecule has 0 aliphatic carbocycles. The molecular formula is C15H22Cl2N4O. The highest BCUT2D eigenvalue weighted by Gasteiger charge is 2.22. The van der Waals surface area contributed by atoms with Crippen LogP contribution in [0.15, 0.2) is 36.7 Å². The molecule has 0 saturated carbocycles. The largest absolute Gasteiger partial charge is 0.399 e. The zero-order valence-electron chi connectivity index (χ0n) is 12.5. The van der Waals surface area contributed by atoms with Crippen LogP contribution in [0.1, 0.15) is 17.2 Å². The van der Waals surface area contributed by atoms with E-state index in [-0.39, 0.29) is 30.9 Å². The van der Waals surface area contributed by atoms with Crippen LogP contribution >= 0.6 is 24.8 Å². The molecule has 7 heteroatoms. The quantitative estimate of drug-likeness (QED) is 0.868. The second-order valence-corrected chi connectivity index (χ2v) is 5.29. The van der Waals surface area contributed by atoms with Gasteiger partial charge < -0.3 is 10.5 Å². The number of anilines is 1. The van der Waals surface area contributed by atoms with E-state index in [2.05, 4.69) is 16.1 Å². The van der Waals surface area contributed by atoms with Crippen LogP contribution in [0.5, 0.6) is 0 Å². The Bertz CT molecular complexity index is 590. The fourth-order valence-electron chi connectivity index (χ4n) is 2.60. The molecule has 1 atom stereocenters. The smallest absolute Gasteiger partial charge is 0.0982 e. The second kappa shape index (κ2) is 8.39. The van der Waals surface area contributed by atoms with Gasteiger partial charge in [-0.15, -0.1) is 24.8 Å². The summed E-state index contributed by atoms with van der Waals surface area (Å²) in [5.41, 5.74) is 9.04. The van der Waals surface area contributed by atoms with Gasteiger partial charge in [0.25, 0.3) is 0 Å². The third-order valence-electron chi connectivity index (χ3n) is 3.60. The number of benzene rings is 1. The first-order chi connectivity index (χ1) is 9.70. The van der Waals surface area contributed by atoms with Crippen molar-refractivity contribution in [3.63, 3.8) is 0 Å². The lowest BCUT2D eigenvalue weighted by atomic mass is 10.1. The standard InChI is InChI=1S/C15H20N4O.2ClH/c1-18-10-13(8-17-18)15-11-19(5-6-20-15)9-12-3-2-4-14(16)7-12;;/h2-4,7-8,10,15H,5-6,9,11,16H2,1H3;2*1H. The first-order valence-corrected chi connectivity index (χ1v) is 6.87. The average Bonchev–Trinajstić information content (AvgIpc) is 2.86. The number of rotatable bonds is 3. The molecule has 0 radical (unpaired) electrons. The van der Waals surface area contributed by atoms with Crippen LogP contribution in [0.4, 0.5) is 5.69 Å². The molecule has 1 unspecified atom stereocenters. The molecule has 1 saturated heterocycles. The van der Waals surface area contributed by atoms with Gasteiger partial charge in [-0.3, -0.25) is 9.58 Å². The van der Waals surface area contributed by atoms with Crippen molar-refractivity contribution in [2.75, 3.05) is 25.4 Å². The number of aryl methyl sites for hydroxylation is 1. The van der Waals surface area contributed by atoms with Gasteiger partial charge in [0.2, 0.25) is 0 Å². The lowest BCUT2D eigenvalue weighted by molar-refractivity contribution is -0.0329. The number of aromatic nitrogens is 2. The number of nitrogen functional groups attached to an aromatic ring is 1. The number of nitrogens with zero attached hydrogens (tertiary/aromatic N) is 3. The molecule has 5 nitrogen and oxygen atoms in total. The predicted molar refractivity (Wildman–Crippen MR) is 92.5 cm³/mol. The van der Waals surface area contributed by atoms with E-state index in [1.54, 1.807) is 0 Å². The molecule has 2 N–H and O–H groups in total. The molecule has 1 fully saturated rings. The Kier molecular flexibility index (Phi) is 7.16. The Labute approximate surface area is 143 Å². The molecule has 1 aliphatic heterocycles. The zero-order chi connectivity index (χ0) is 13.9. The fraction of sp³-hybridized carbons (Fsp3) is 0.400. The van der Waals surface area contributed by atoms with Gasteiger partial charge in [-0.1, -0.05) is 12.1 Å². The molecular weight excluding hydrogens is 323 g/mol. The van der Waals surface area contributed by atoms with Gasteiger partial charge in [-0.2, -0.15) is 5.10 Å². The fourth-order valence-corrected chi connectivity index (χ4v) is 2.60. The van der Waals surface area contributed by atoms with E-state index in [4.69, 9.17) is 10.5 Å². The zero-order valence-corrected chi connectivity index (χ0v) is 14.1. The van der Waals surface area contributed by atoms with Crippen LogP contribution in [0, 0.1) is 0 Å². The number of nitrogens with two attached hydrogens (primary N) is 1. The van der Waals surface area contributed by atoms with Crippen LogP contribution < -0.4 is 5.73 Å². The molecule has 22 heavy (non-hydrogen) atoms. The van der Waals surface area contributed by atoms with Crippen molar-refractivity contribution in [2.45, 2.75) is 12.6 Å². The van der Waals surface area contributed by atoms with Crippen LogP contribution in [-0.2, 0) is 18.3 Å². The minimum absolute atomic E-state index is 0. The Morgan fingerprint density at radius 2 is 2.18 bits per heavy atom. The van der Waals surface area contributed by atoms with Crippen molar-refractivity contribution in [1.29, 1.82) is 0 Å². The van der Waals surface area contributed by atoms with Gasteiger partial charge in [0, 0.05) is 44.1 Å². The van der Waals surface area contributed by atoms with Crippen LogP contribution in [-0.4, -0.2) is 34.4 Å². The van der Waals surface area contributed by atoms with E-state index in [1.807, 2.05) is 42.3 Å². The van der Waals surface area contributed by atoms with Gasteiger partial charge in [-0.05, 0) is 17.7 Å². The first kappa shape index (κ1) is 18.8. The summed E-state index contributed by atoms with van der Waals surface area (Å²) >= 11 is 0. The van der Waals surface area contributed by atoms with E-state index >= 15 is 0 Å². The SMILES string of the molecule is Cl.Cl.Cn1cc(C2CN(Cc3cccc(N)c3)CCO2)cn1. The minimum atomic E-state index is 0. The number of ether oxygens (including phenoxy) is 1. The summed E-state index contributed by atoms with van der Waals surface area (Å²) in [7, 11) is 1.93. The van der Waals surface area contributed by atoms with Crippen molar-refractivity contribution >= 4 is 30.5 Å². The molecule has 3 rings (SSSR count).